The number of nitrogens with two attached hydrogens (primary N) is 1. The number of aromatic hydroxyl groups is 1. The lowest BCUT2D eigenvalue weighted by Crippen LogP contribution is -2.33. The van der Waals surface area contributed by atoms with Gasteiger partial charge >= 0.3 is 0 Å². The lowest BCUT2D eigenvalue weighted by molar-refractivity contribution is 0.0267. The Labute approximate surface area is 118 Å². The van der Waals surface area contributed by atoms with E-state index in [1.807, 2.05) is 0 Å². The third-order valence-corrected chi connectivity index (χ3v) is 3.46. The van der Waals surface area contributed by atoms with E-state index in [-0.39, 0.29) is 17.5 Å². The van der Waals surface area contributed by atoms with Gasteiger partial charge in [0, 0.05) is 18.8 Å². The molecule has 1 aromatic heterocycles. The number of aromatic nitrogens is 1. The van der Waals surface area contributed by atoms with Gasteiger partial charge in [-0.2, -0.15) is 0 Å². The van der Waals surface area contributed by atoms with E-state index in [9.17, 15) is 9.90 Å². The number of amides is 1. The summed E-state index contributed by atoms with van der Waals surface area (Å²) >= 11 is 0. The van der Waals surface area contributed by atoms with E-state index in [4.69, 9.17) is 10.5 Å². The van der Waals surface area contributed by atoms with Gasteiger partial charge in [-0.3, -0.25) is 4.79 Å². The smallest absolute Gasteiger partial charge is 0.273 e. The van der Waals surface area contributed by atoms with E-state index in [0.717, 1.165) is 25.7 Å². The number of hydrogen-bond donors (Lipinski definition) is 3. The Hall–Kier alpha value is -1.66. The molecular formula is C14H21N3O3. The fourth-order valence-corrected chi connectivity index (χ4v) is 2.30. The first-order chi connectivity index (χ1) is 9.66. The molecule has 0 bridgehead atoms. The van der Waals surface area contributed by atoms with Gasteiger partial charge in [-0.15, -0.1) is 0 Å². The van der Waals surface area contributed by atoms with Crippen LogP contribution < -0.4 is 11.1 Å². The molecule has 1 aliphatic rings. The first-order valence-corrected chi connectivity index (χ1v) is 6.96. The second kappa shape index (κ2) is 7.21. The van der Waals surface area contributed by atoms with Gasteiger partial charge in [-0.05, 0) is 37.8 Å². The van der Waals surface area contributed by atoms with Crippen LogP contribution in [-0.2, 0) is 4.74 Å². The van der Waals surface area contributed by atoms with Gasteiger partial charge < -0.3 is 20.9 Å². The molecule has 1 heterocycles. The van der Waals surface area contributed by atoms with Gasteiger partial charge in [0.2, 0.25) is 0 Å². The molecule has 20 heavy (non-hydrogen) atoms. The third-order valence-electron chi connectivity index (χ3n) is 3.46. The highest BCUT2D eigenvalue weighted by atomic mass is 16.5. The van der Waals surface area contributed by atoms with Gasteiger partial charge in [-0.25, -0.2) is 4.98 Å². The highest BCUT2D eigenvalue weighted by Crippen LogP contribution is 2.19. The number of hydrogen-bond acceptors (Lipinski definition) is 5. The van der Waals surface area contributed by atoms with E-state index >= 15 is 0 Å². The van der Waals surface area contributed by atoms with Crippen LogP contribution in [0.3, 0.4) is 0 Å². The monoisotopic (exact) mass is 279 g/mol. The molecule has 0 atom stereocenters. The Morgan fingerprint density at radius 1 is 1.45 bits per heavy atom. The predicted molar refractivity (Wildman–Crippen MR) is 74.4 cm³/mol. The van der Waals surface area contributed by atoms with Crippen molar-refractivity contribution in [3.8, 4) is 5.75 Å². The van der Waals surface area contributed by atoms with E-state index in [1.165, 1.54) is 12.3 Å². The maximum atomic E-state index is 11.8. The number of pyridine rings is 1. The molecule has 6 nitrogen and oxygen atoms in total. The predicted octanol–water partition coefficient (Wildman–Crippen LogP) is 0.803. The zero-order valence-electron chi connectivity index (χ0n) is 11.4. The molecule has 6 heteroatoms. The molecule has 0 radical (unpaired) electrons. The lowest BCUT2D eigenvalue weighted by Gasteiger charge is -2.26. The molecule has 0 saturated heterocycles. The van der Waals surface area contributed by atoms with Crippen molar-refractivity contribution in [2.75, 3.05) is 13.2 Å². The summed E-state index contributed by atoms with van der Waals surface area (Å²) in [7, 11) is 0. The number of nitrogens with one attached hydrogen (secondary N) is 1. The van der Waals surface area contributed by atoms with Crippen LogP contribution in [0.1, 0.15) is 36.2 Å². The van der Waals surface area contributed by atoms with Crippen molar-refractivity contribution in [2.45, 2.75) is 37.8 Å². The second-order valence-electron chi connectivity index (χ2n) is 5.03. The van der Waals surface area contributed by atoms with Crippen LogP contribution in [0.2, 0.25) is 0 Å². The minimum absolute atomic E-state index is 0.0381. The standard InChI is InChI=1S/C14H21N3O3/c15-10-3-5-11(6-4-10)20-9-8-17-14(19)13-12(18)2-1-7-16-13/h1-2,7,10-11,18H,3-6,8-9,15H2,(H,17,19). The zero-order chi connectivity index (χ0) is 14.4. The van der Waals surface area contributed by atoms with Gasteiger partial charge in [0.15, 0.2) is 5.69 Å². The summed E-state index contributed by atoms with van der Waals surface area (Å²) in [5.74, 6) is -0.510. The molecule has 0 aromatic carbocycles. The second-order valence-corrected chi connectivity index (χ2v) is 5.03. The molecule has 1 amide bonds. The van der Waals surface area contributed by atoms with Crippen molar-refractivity contribution >= 4 is 5.91 Å². The number of carbonyl (C=O) groups excluding carboxylic acids is 1. The van der Waals surface area contributed by atoms with E-state index in [2.05, 4.69) is 10.3 Å². The van der Waals surface area contributed by atoms with Crippen molar-refractivity contribution in [3.63, 3.8) is 0 Å². The summed E-state index contributed by atoms with van der Waals surface area (Å²) in [6, 6.07) is 3.31. The molecule has 1 saturated carbocycles. The van der Waals surface area contributed by atoms with Crippen LogP contribution in [0.15, 0.2) is 18.3 Å². The van der Waals surface area contributed by atoms with Crippen molar-refractivity contribution < 1.29 is 14.6 Å². The maximum Gasteiger partial charge on any atom is 0.273 e. The molecule has 1 aliphatic carbocycles. The molecule has 4 N–H and O–H groups in total. The highest BCUT2D eigenvalue weighted by Gasteiger charge is 2.18. The average Bonchev–Trinajstić information content (AvgIpc) is 2.46. The van der Waals surface area contributed by atoms with Crippen LogP contribution in [-0.4, -0.2) is 41.3 Å². The normalized spacial score (nSPS) is 22.4. The summed E-state index contributed by atoms with van der Waals surface area (Å²) in [5, 5.41) is 12.2. The largest absolute Gasteiger partial charge is 0.505 e. The fraction of sp³-hybridized carbons (Fsp3) is 0.571. The van der Waals surface area contributed by atoms with Crippen LogP contribution in [0.4, 0.5) is 0 Å². The Bertz CT molecular complexity index is 445. The summed E-state index contributed by atoms with van der Waals surface area (Å²) in [4.78, 5) is 15.6. The Morgan fingerprint density at radius 3 is 2.90 bits per heavy atom. The van der Waals surface area contributed by atoms with Crippen molar-refractivity contribution in [1.82, 2.24) is 10.3 Å². The summed E-state index contributed by atoms with van der Waals surface area (Å²) in [6.07, 6.45) is 5.68. The quantitative estimate of drug-likeness (QED) is 0.693. The Morgan fingerprint density at radius 2 is 2.20 bits per heavy atom. The molecule has 0 aliphatic heterocycles. The summed E-state index contributed by atoms with van der Waals surface area (Å²) in [5.41, 5.74) is 5.86. The number of nitrogens with zero attached hydrogens (tertiary/aromatic N) is 1. The van der Waals surface area contributed by atoms with Crippen LogP contribution in [0, 0.1) is 0 Å². The van der Waals surface area contributed by atoms with Gasteiger partial charge in [0.25, 0.3) is 5.91 Å². The molecule has 2 rings (SSSR count). The third kappa shape index (κ3) is 4.18. The SMILES string of the molecule is NC1CCC(OCCNC(=O)c2ncccc2O)CC1. The average molecular weight is 279 g/mol. The zero-order valence-corrected chi connectivity index (χ0v) is 11.4. The van der Waals surface area contributed by atoms with Gasteiger partial charge in [0.05, 0.1) is 12.7 Å². The van der Waals surface area contributed by atoms with Gasteiger partial charge in [-0.1, -0.05) is 0 Å². The van der Waals surface area contributed by atoms with Gasteiger partial charge in [0.1, 0.15) is 5.75 Å². The minimum atomic E-state index is -0.391. The van der Waals surface area contributed by atoms with E-state index in [1.54, 1.807) is 6.07 Å². The first-order valence-electron chi connectivity index (χ1n) is 6.96. The number of carbonyl (C=O) groups is 1. The van der Waals surface area contributed by atoms with E-state index < -0.39 is 5.91 Å². The molecule has 0 unspecified atom stereocenters. The number of rotatable bonds is 5. The van der Waals surface area contributed by atoms with Crippen LogP contribution in [0.25, 0.3) is 0 Å². The maximum absolute atomic E-state index is 11.8. The van der Waals surface area contributed by atoms with Crippen LogP contribution >= 0.6 is 0 Å². The molecule has 1 aromatic rings. The summed E-state index contributed by atoms with van der Waals surface area (Å²) < 4.78 is 5.69. The first kappa shape index (κ1) is 14.7. The molecule has 110 valence electrons. The van der Waals surface area contributed by atoms with Crippen molar-refractivity contribution in [3.05, 3.63) is 24.0 Å². The molecular weight excluding hydrogens is 258 g/mol. The van der Waals surface area contributed by atoms with E-state index in [0.29, 0.717) is 19.2 Å². The minimum Gasteiger partial charge on any atom is -0.505 e. The summed E-state index contributed by atoms with van der Waals surface area (Å²) in [6.45, 7) is 0.858. The van der Waals surface area contributed by atoms with Crippen molar-refractivity contribution in [2.24, 2.45) is 5.73 Å². The Kier molecular flexibility index (Phi) is 5.31. The topological polar surface area (TPSA) is 97.5 Å². The van der Waals surface area contributed by atoms with Crippen molar-refractivity contribution in [1.29, 1.82) is 0 Å². The molecule has 1 fully saturated rings. The van der Waals surface area contributed by atoms with Crippen LogP contribution in [0.5, 0.6) is 5.75 Å². The fourth-order valence-electron chi connectivity index (χ4n) is 2.30. The molecule has 0 spiro atoms. The number of ether oxygens (including phenoxy) is 1. The lowest BCUT2D eigenvalue weighted by atomic mass is 9.94. The highest BCUT2D eigenvalue weighted by molar-refractivity contribution is 5.94. The Balaban J connectivity index is 1.66.